The van der Waals surface area contributed by atoms with E-state index in [0.717, 1.165) is 25.1 Å². The molecule has 2 N–H and O–H groups in total. The minimum Gasteiger partial charge on any atom is -0.351 e. The Labute approximate surface area is 117 Å². The van der Waals surface area contributed by atoms with Gasteiger partial charge in [-0.05, 0) is 25.1 Å². The quantitative estimate of drug-likeness (QED) is 0.747. The summed E-state index contributed by atoms with van der Waals surface area (Å²) in [7, 11) is 0. The van der Waals surface area contributed by atoms with Gasteiger partial charge in [0.05, 0.1) is 0 Å². The van der Waals surface area contributed by atoms with Crippen molar-refractivity contribution in [2.75, 3.05) is 19.6 Å². The predicted octanol–water partition coefficient (Wildman–Crippen LogP) is 1.47. The van der Waals surface area contributed by atoms with Crippen LogP contribution in [0, 0.1) is 0 Å². The van der Waals surface area contributed by atoms with Crippen LogP contribution >= 0.6 is 0 Å². The molecule has 0 unspecified atom stereocenters. The normalized spacial score (nSPS) is 10.4. The van der Waals surface area contributed by atoms with E-state index in [4.69, 9.17) is 0 Å². The highest BCUT2D eigenvalue weighted by atomic mass is 16.5. The van der Waals surface area contributed by atoms with E-state index >= 15 is 0 Å². The molecule has 0 atom stereocenters. The number of hydrogen-bond acceptors (Lipinski definition) is 5. The third-order valence-corrected chi connectivity index (χ3v) is 2.78. The van der Waals surface area contributed by atoms with Crippen LogP contribution in [0.5, 0.6) is 0 Å². The van der Waals surface area contributed by atoms with Gasteiger partial charge in [-0.3, -0.25) is 4.79 Å². The van der Waals surface area contributed by atoms with Gasteiger partial charge in [-0.15, -0.1) is 0 Å². The van der Waals surface area contributed by atoms with Gasteiger partial charge in [-0.25, -0.2) is 0 Å². The average Bonchev–Trinajstić information content (AvgIpc) is 3.01. The van der Waals surface area contributed by atoms with E-state index in [1.54, 1.807) is 24.3 Å². The molecule has 1 amide bonds. The van der Waals surface area contributed by atoms with Gasteiger partial charge >= 0.3 is 0 Å². The molecule has 20 heavy (non-hydrogen) atoms. The molecule has 0 fully saturated rings. The van der Waals surface area contributed by atoms with Crippen molar-refractivity contribution < 1.29 is 9.32 Å². The molecule has 6 heteroatoms. The number of carbonyl (C=O) groups is 1. The predicted molar refractivity (Wildman–Crippen MR) is 75.2 cm³/mol. The number of rotatable bonds is 7. The molecule has 0 bridgehead atoms. The summed E-state index contributed by atoms with van der Waals surface area (Å²) >= 11 is 0. The highest BCUT2D eigenvalue weighted by molar-refractivity contribution is 5.94. The van der Waals surface area contributed by atoms with Gasteiger partial charge in [0.15, 0.2) is 0 Å². The maximum Gasteiger partial charge on any atom is 0.251 e. The summed E-state index contributed by atoms with van der Waals surface area (Å²) < 4.78 is 4.68. The molecule has 0 saturated carbocycles. The lowest BCUT2D eigenvalue weighted by molar-refractivity contribution is 0.0954. The Kier molecular flexibility index (Phi) is 5.25. The molecule has 0 aliphatic heterocycles. The smallest absolute Gasteiger partial charge is 0.251 e. The lowest BCUT2D eigenvalue weighted by atomic mass is 10.1. The van der Waals surface area contributed by atoms with Crippen LogP contribution in [0.1, 0.15) is 23.7 Å². The van der Waals surface area contributed by atoms with Crippen molar-refractivity contribution >= 4 is 5.91 Å². The average molecular weight is 274 g/mol. The molecule has 0 radical (unpaired) electrons. The second kappa shape index (κ2) is 7.40. The van der Waals surface area contributed by atoms with Crippen LogP contribution in [0.15, 0.2) is 35.2 Å². The Morgan fingerprint density at radius 2 is 2.00 bits per heavy atom. The third-order valence-electron chi connectivity index (χ3n) is 2.78. The Bertz CT molecular complexity index is 523. The molecule has 0 spiro atoms. The second-order valence-corrected chi connectivity index (χ2v) is 4.34. The van der Waals surface area contributed by atoms with E-state index in [1.807, 2.05) is 0 Å². The molecule has 0 saturated heterocycles. The number of nitrogens with one attached hydrogen (secondary N) is 2. The van der Waals surface area contributed by atoms with Gasteiger partial charge in [0, 0.05) is 24.2 Å². The fraction of sp³-hybridized carbons (Fsp3) is 0.357. The Morgan fingerprint density at radius 1 is 1.20 bits per heavy atom. The number of benzene rings is 1. The largest absolute Gasteiger partial charge is 0.351 e. The molecule has 0 aliphatic rings. The van der Waals surface area contributed by atoms with E-state index in [-0.39, 0.29) is 5.91 Å². The van der Waals surface area contributed by atoms with Crippen molar-refractivity contribution in [2.24, 2.45) is 0 Å². The van der Waals surface area contributed by atoms with Gasteiger partial charge in [0.2, 0.25) is 12.2 Å². The van der Waals surface area contributed by atoms with Crippen molar-refractivity contribution in [3.63, 3.8) is 0 Å². The number of hydrogen-bond donors (Lipinski definition) is 2. The van der Waals surface area contributed by atoms with Crippen molar-refractivity contribution in [1.29, 1.82) is 0 Å². The number of aromatic nitrogens is 2. The first-order valence-corrected chi connectivity index (χ1v) is 6.67. The molecule has 0 aliphatic carbocycles. The molecular formula is C14H18N4O2. The SMILES string of the molecule is CCCNCCNC(=O)c1ccc(-c2ncon2)cc1. The minimum atomic E-state index is -0.0806. The minimum absolute atomic E-state index is 0.0806. The van der Waals surface area contributed by atoms with Gasteiger partial charge < -0.3 is 15.2 Å². The van der Waals surface area contributed by atoms with Gasteiger partial charge in [0.1, 0.15) is 0 Å². The summed E-state index contributed by atoms with van der Waals surface area (Å²) in [5.41, 5.74) is 1.44. The Balaban J connectivity index is 1.85. The molecule has 106 valence electrons. The lowest BCUT2D eigenvalue weighted by Gasteiger charge is -2.06. The highest BCUT2D eigenvalue weighted by Gasteiger charge is 2.07. The monoisotopic (exact) mass is 274 g/mol. The van der Waals surface area contributed by atoms with E-state index in [2.05, 4.69) is 32.2 Å². The van der Waals surface area contributed by atoms with Crippen molar-refractivity contribution in [3.05, 3.63) is 36.2 Å². The highest BCUT2D eigenvalue weighted by Crippen LogP contribution is 2.14. The van der Waals surface area contributed by atoms with E-state index in [0.29, 0.717) is 17.9 Å². The van der Waals surface area contributed by atoms with Gasteiger partial charge in [-0.2, -0.15) is 4.98 Å². The molecule has 1 aromatic carbocycles. The molecule has 1 aromatic heterocycles. The van der Waals surface area contributed by atoms with Crippen LogP contribution in [0.4, 0.5) is 0 Å². The maximum absolute atomic E-state index is 11.9. The van der Waals surface area contributed by atoms with Crippen molar-refractivity contribution in [1.82, 2.24) is 20.8 Å². The second-order valence-electron chi connectivity index (χ2n) is 4.34. The number of nitrogens with zero attached hydrogens (tertiary/aromatic N) is 2. The van der Waals surface area contributed by atoms with E-state index in [9.17, 15) is 4.79 Å². The van der Waals surface area contributed by atoms with Crippen LogP contribution in [-0.4, -0.2) is 35.7 Å². The molecule has 6 nitrogen and oxygen atoms in total. The molecule has 2 aromatic rings. The standard InChI is InChI=1S/C14H18N4O2/c1-2-7-15-8-9-16-14(19)12-5-3-11(4-6-12)13-17-10-20-18-13/h3-6,10,15H,2,7-9H2,1H3,(H,16,19). The summed E-state index contributed by atoms with van der Waals surface area (Å²) in [5.74, 6) is 0.434. The Morgan fingerprint density at radius 3 is 2.65 bits per heavy atom. The van der Waals surface area contributed by atoms with Crippen LogP contribution in [0.3, 0.4) is 0 Å². The first-order valence-electron chi connectivity index (χ1n) is 6.67. The summed E-state index contributed by atoms with van der Waals surface area (Å²) in [4.78, 5) is 15.8. The van der Waals surface area contributed by atoms with Crippen LogP contribution in [0.25, 0.3) is 11.4 Å². The molecule has 1 heterocycles. The molecular weight excluding hydrogens is 256 g/mol. The van der Waals surface area contributed by atoms with Gasteiger partial charge in [-0.1, -0.05) is 24.2 Å². The summed E-state index contributed by atoms with van der Waals surface area (Å²) in [6.45, 7) is 4.47. The Hall–Kier alpha value is -2.21. The van der Waals surface area contributed by atoms with E-state index in [1.165, 1.54) is 6.39 Å². The zero-order valence-corrected chi connectivity index (χ0v) is 11.4. The summed E-state index contributed by atoms with van der Waals surface area (Å²) in [6, 6.07) is 7.10. The van der Waals surface area contributed by atoms with Crippen molar-refractivity contribution in [3.8, 4) is 11.4 Å². The fourth-order valence-electron chi connectivity index (χ4n) is 1.74. The first-order chi connectivity index (χ1) is 9.81. The topological polar surface area (TPSA) is 80.0 Å². The summed E-state index contributed by atoms with van der Waals surface area (Å²) in [6.07, 6.45) is 2.37. The summed E-state index contributed by atoms with van der Waals surface area (Å²) in [5, 5.41) is 9.83. The van der Waals surface area contributed by atoms with Crippen molar-refractivity contribution in [2.45, 2.75) is 13.3 Å². The zero-order chi connectivity index (χ0) is 14.2. The van der Waals surface area contributed by atoms with Crippen LogP contribution in [-0.2, 0) is 0 Å². The van der Waals surface area contributed by atoms with E-state index < -0.39 is 0 Å². The molecule has 2 rings (SSSR count). The number of carbonyl (C=O) groups excluding carboxylic acids is 1. The van der Waals surface area contributed by atoms with Crippen LogP contribution < -0.4 is 10.6 Å². The van der Waals surface area contributed by atoms with Crippen LogP contribution in [0.2, 0.25) is 0 Å². The zero-order valence-electron chi connectivity index (χ0n) is 11.4. The van der Waals surface area contributed by atoms with Gasteiger partial charge in [0.25, 0.3) is 5.91 Å². The number of amides is 1. The third kappa shape index (κ3) is 3.89. The maximum atomic E-state index is 11.9. The lowest BCUT2D eigenvalue weighted by Crippen LogP contribution is -2.32. The fourth-order valence-corrected chi connectivity index (χ4v) is 1.74. The first kappa shape index (κ1) is 14.2.